The minimum absolute atomic E-state index is 0.189. The molecule has 0 atom stereocenters. The van der Waals surface area contributed by atoms with Crippen LogP contribution in [0.3, 0.4) is 0 Å². The number of rotatable bonds is 5. The van der Waals surface area contributed by atoms with Crippen LogP contribution in [0.5, 0.6) is 0 Å². The number of hydrogen-bond acceptors (Lipinski definition) is 6. The van der Waals surface area contributed by atoms with E-state index in [1.54, 1.807) is 17.6 Å². The lowest BCUT2D eigenvalue weighted by Gasteiger charge is -2.21. The molecule has 8 heteroatoms. The van der Waals surface area contributed by atoms with E-state index in [0.717, 1.165) is 5.69 Å². The Bertz CT molecular complexity index is 683. The molecule has 0 saturated heterocycles. The average molecular weight is 312 g/mol. The number of anilines is 2. The van der Waals surface area contributed by atoms with Gasteiger partial charge in [-0.15, -0.1) is 11.3 Å². The van der Waals surface area contributed by atoms with Crippen molar-refractivity contribution in [1.82, 2.24) is 9.71 Å². The second kappa shape index (κ2) is 5.78. The molecule has 0 aliphatic heterocycles. The van der Waals surface area contributed by atoms with E-state index in [9.17, 15) is 8.42 Å². The zero-order valence-electron chi connectivity index (χ0n) is 11.2. The van der Waals surface area contributed by atoms with Crippen molar-refractivity contribution in [3.63, 3.8) is 0 Å². The summed E-state index contributed by atoms with van der Waals surface area (Å²) in [6, 6.07) is 4.64. The van der Waals surface area contributed by atoms with E-state index in [-0.39, 0.29) is 4.90 Å². The largest absolute Gasteiger partial charge is 0.397 e. The molecule has 0 spiro atoms. The number of nitrogens with zero attached hydrogens (tertiary/aromatic N) is 2. The first-order valence-electron chi connectivity index (χ1n) is 5.85. The molecule has 1 aromatic heterocycles. The molecule has 0 unspecified atom stereocenters. The van der Waals surface area contributed by atoms with Crippen molar-refractivity contribution < 1.29 is 8.42 Å². The molecule has 6 nitrogen and oxygen atoms in total. The molecule has 0 aliphatic rings. The highest BCUT2D eigenvalue weighted by Crippen LogP contribution is 2.26. The van der Waals surface area contributed by atoms with Crippen LogP contribution in [-0.2, 0) is 16.6 Å². The quantitative estimate of drug-likeness (QED) is 0.812. The fraction of sp³-hybridized carbons (Fsp3) is 0.250. The van der Waals surface area contributed by atoms with Gasteiger partial charge in [-0.1, -0.05) is 0 Å². The Hall–Kier alpha value is -1.64. The van der Waals surface area contributed by atoms with Crippen molar-refractivity contribution in [3.05, 3.63) is 34.8 Å². The molecule has 1 aromatic carbocycles. The molecule has 0 saturated carbocycles. The zero-order chi connectivity index (χ0) is 14.8. The van der Waals surface area contributed by atoms with Crippen molar-refractivity contribution in [2.24, 2.45) is 0 Å². The molecule has 0 fully saturated rings. The monoisotopic (exact) mass is 312 g/mol. The first-order valence-corrected chi connectivity index (χ1v) is 8.28. The van der Waals surface area contributed by atoms with Crippen LogP contribution in [0.2, 0.25) is 0 Å². The molecule has 2 rings (SSSR count). The van der Waals surface area contributed by atoms with Crippen LogP contribution >= 0.6 is 11.3 Å². The maximum atomic E-state index is 11.8. The Morgan fingerprint density at radius 2 is 2.20 bits per heavy atom. The fourth-order valence-electron chi connectivity index (χ4n) is 1.78. The first-order chi connectivity index (χ1) is 9.44. The number of sulfonamides is 1. The smallest absolute Gasteiger partial charge is 0.240 e. The molecule has 0 radical (unpaired) electrons. The predicted molar refractivity (Wildman–Crippen MR) is 81.3 cm³/mol. The third-order valence-corrected chi connectivity index (χ3v) is 4.92. The van der Waals surface area contributed by atoms with E-state index in [2.05, 4.69) is 9.71 Å². The second-order valence-corrected chi connectivity index (χ2v) is 6.87. The highest BCUT2D eigenvalue weighted by molar-refractivity contribution is 7.89. The Labute approximate surface area is 122 Å². The van der Waals surface area contributed by atoms with E-state index in [0.29, 0.717) is 17.9 Å². The van der Waals surface area contributed by atoms with Crippen LogP contribution in [0.15, 0.2) is 34.0 Å². The van der Waals surface area contributed by atoms with Crippen molar-refractivity contribution in [2.75, 3.05) is 24.7 Å². The van der Waals surface area contributed by atoms with Gasteiger partial charge in [0.05, 0.1) is 34.0 Å². The molecule has 108 valence electrons. The van der Waals surface area contributed by atoms with E-state index in [4.69, 9.17) is 5.73 Å². The lowest BCUT2D eigenvalue weighted by molar-refractivity contribution is 0.588. The molecule has 0 bridgehead atoms. The van der Waals surface area contributed by atoms with Gasteiger partial charge in [0.25, 0.3) is 0 Å². The van der Waals surface area contributed by atoms with Crippen LogP contribution in [0.25, 0.3) is 0 Å². The summed E-state index contributed by atoms with van der Waals surface area (Å²) in [5.74, 6) is 0. The lowest BCUT2D eigenvalue weighted by Crippen LogP contribution is -2.21. The molecular formula is C12H16N4O2S2. The molecule has 20 heavy (non-hydrogen) atoms. The van der Waals surface area contributed by atoms with Gasteiger partial charge in [-0.25, -0.2) is 18.1 Å². The number of benzene rings is 1. The van der Waals surface area contributed by atoms with Crippen molar-refractivity contribution in [2.45, 2.75) is 11.4 Å². The summed E-state index contributed by atoms with van der Waals surface area (Å²) in [4.78, 5) is 6.27. The van der Waals surface area contributed by atoms with E-state index >= 15 is 0 Å². The Morgan fingerprint density at radius 3 is 2.80 bits per heavy atom. The minimum Gasteiger partial charge on any atom is -0.397 e. The molecule has 3 N–H and O–H groups in total. The number of nitrogen functional groups attached to an aromatic ring is 1. The minimum atomic E-state index is -3.48. The van der Waals surface area contributed by atoms with E-state index in [1.807, 2.05) is 17.3 Å². The van der Waals surface area contributed by atoms with Gasteiger partial charge in [-0.05, 0) is 25.2 Å². The molecular weight excluding hydrogens is 296 g/mol. The summed E-state index contributed by atoms with van der Waals surface area (Å²) in [6.07, 6.45) is 0. The van der Waals surface area contributed by atoms with Crippen molar-refractivity contribution in [1.29, 1.82) is 0 Å². The van der Waals surface area contributed by atoms with E-state index in [1.165, 1.54) is 24.5 Å². The summed E-state index contributed by atoms with van der Waals surface area (Å²) >= 11 is 1.52. The first kappa shape index (κ1) is 14.8. The molecule has 1 heterocycles. The third kappa shape index (κ3) is 3.09. The Balaban J connectivity index is 2.33. The fourth-order valence-corrected chi connectivity index (χ4v) is 3.08. The van der Waals surface area contributed by atoms with Crippen LogP contribution in [0, 0.1) is 0 Å². The number of nitrogens with one attached hydrogen (secondary N) is 1. The summed E-state index contributed by atoms with van der Waals surface area (Å²) < 4.78 is 25.9. The van der Waals surface area contributed by atoms with Crippen LogP contribution in [0.4, 0.5) is 11.4 Å². The van der Waals surface area contributed by atoms with Crippen LogP contribution in [0.1, 0.15) is 5.69 Å². The molecule has 2 aromatic rings. The van der Waals surface area contributed by atoms with Crippen LogP contribution in [-0.4, -0.2) is 27.5 Å². The SMILES string of the molecule is CNS(=O)(=O)c1ccc(N)c(N(C)Cc2cscn2)c1. The second-order valence-electron chi connectivity index (χ2n) is 4.26. The molecule has 0 amide bonds. The highest BCUT2D eigenvalue weighted by atomic mass is 32.2. The van der Waals surface area contributed by atoms with Gasteiger partial charge in [0.2, 0.25) is 10.0 Å². The topological polar surface area (TPSA) is 88.3 Å². The maximum Gasteiger partial charge on any atom is 0.240 e. The normalized spacial score (nSPS) is 11.5. The number of hydrogen-bond donors (Lipinski definition) is 2. The van der Waals surface area contributed by atoms with Gasteiger partial charge >= 0.3 is 0 Å². The van der Waals surface area contributed by atoms with E-state index < -0.39 is 10.0 Å². The Morgan fingerprint density at radius 1 is 1.45 bits per heavy atom. The third-order valence-electron chi connectivity index (χ3n) is 2.87. The standard InChI is InChI=1S/C12H16N4O2S2/c1-14-20(17,18)10-3-4-11(13)12(5-10)16(2)6-9-7-19-8-15-9/h3-5,7-8,14H,6,13H2,1-2H3. The number of nitrogens with two attached hydrogens (primary N) is 1. The van der Waals surface area contributed by atoms with Gasteiger partial charge in [0.1, 0.15) is 0 Å². The van der Waals surface area contributed by atoms with Crippen molar-refractivity contribution in [3.8, 4) is 0 Å². The van der Waals surface area contributed by atoms with Crippen molar-refractivity contribution >= 4 is 32.7 Å². The molecule has 0 aliphatic carbocycles. The highest BCUT2D eigenvalue weighted by Gasteiger charge is 2.15. The summed E-state index contributed by atoms with van der Waals surface area (Å²) in [5.41, 5.74) is 9.79. The van der Waals surface area contributed by atoms with Gasteiger partial charge in [-0.2, -0.15) is 0 Å². The van der Waals surface area contributed by atoms with Gasteiger partial charge in [-0.3, -0.25) is 0 Å². The predicted octanol–water partition coefficient (Wildman–Crippen LogP) is 1.27. The van der Waals surface area contributed by atoms with Gasteiger partial charge < -0.3 is 10.6 Å². The lowest BCUT2D eigenvalue weighted by atomic mass is 10.2. The van der Waals surface area contributed by atoms with Gasteiger partial charge in [0.15, 0.2) is 0 Å². The summed E-state index contributed by atoms with van der Waals surface area (Å²) in [6.45, 7) is 0.566. The average Bonchev–Trinajstić information content (AvgIpc) is 2.91. The Kier molecular flexibility index (Phi) is 4.26. The zero-order valence-corrected chi connectivity index (χ0v) is 12.8. The van der Waals surface area contributed by atoms with Gasteiger partial charge in [0, 0.05) is 12.4 Å². The van der Waals surface area contributed by atoms with Crippen LogP contribution < -0.4 is 15.4 Å². The summed E-state index contributed by atoms with van der Waals surface area (Å²) in [5, 5.41) is 1.95. The summed E-state index contributed by atoms with van der Waals surface area (Å²) in [7, 11) is -0.251. The number of aromatic nitrogens is 1. The number of thiazole rings is 1. The maximum absolute atomic E-state index is 11.8.